The maximum atomic E-state index is 12.3. The van der Waals surface area contributed by atoms with Crippen molar-refractivity contribution in [1.29, 1.82) is 0 Å². The topological polar surface area (TPSA) is 26.3 Å². The van der Waals surface area contributed by atoms with Crippen LogP contribution in [0.15, 0.2) is 0 Å². The molecule has 122 valence electrons. The summed E-state index contributed by atoms with van der Waals surface area (Å²) in [5, 5.41) is 0. The van der Waals surface area contributed by atoms with E-state index in [1.54, 1.807) is 0 Å². The summed E-state index contributed by atoms with van der Waals surface area (Å²) >= 11 is 0. The lowest BCUT2D eigenvalue weighted by Gasteiger charge is -2.31. The highest BCUT2D eigenvalue weighted by Gasteiger charge is 2.30. The molecule has 0 unspecified atom stereocenters. The molecule has 0 spiro atoms. The van der Waals surface area contributed by atoms with E-state index in [-0.39, 0.29) is 18.0 Å². The van der Waals surface area contributed by atoms with Crippen molar-refractivity contribution < 1.29 is 9.53 Å². The van der Waals surface area contributed by atoms with Gasteiger partial charge in [0.25, 0.3) is 0 Å². The second-order valence-electron chi connectivity index (χ2n) is 7.37. The van der Waals surface area contributed by atoms with Crippen LogP contribution in [0.2, 0.25) is 0 Å². The summed E-state index contributed by atoms with van der Waals surface area (Å²) in [6.45, 7) is 4.52. The first-order valence-electron chi connectivity index (χ1n) is 9.43. The van der Waals surface area contributed by atoms with Crippen molar-refractivity contribution in [3.05, 3.63) is 0 Å². The zero-order chi connectivity index (χ0) is 15.1. The summed E-state index contributed by atoms with van der Waals surface area (Å²) in [5.41, 5.74) is 0. The van der Waals surface area contributed by atoms with Crippen molar-refractivity contribution >= 4 is 5.97 Å². The molecule has 0 aromatic carbocycles. The van der Waals surface area contributed by atoms with E-state index >= 15 is 0 Å². The summed E-state index contributed by atoms with van der Waals surface area (Å²) in [5.74, 6) is 2.06. The van der Waals surface area contributed by atoms with Crippen LogP contribution in [0.1, 0.15) is 90.9 Å². The maximum absolute atomic E-state index is 12.3. The third-order valence-corrected chi connectivity index (χ3v) is 5.65. The van der Waals surface area contributed by atoms with Crippen molar-refractivity contribution in [1.82, 2.24) is 0 Å². The van der Waals surface area contributed by atoms with Gasteiger partial charge in [-0.3, -0.25) is 4.79 Å². The minimum Gasteiger partial charge on any atom is -0.462 e. The van der Waals surface area contributed by atoms with Gasteiger partial charge in [0.1, 0.15) is 6.10 Å². The fourth-order valence-electron chi connectivity index (χ4n) is 4.30. The van der Waals surface area contributed by atoms with E-state index < -0.39 is 0 Å². The highest BCUT2D eigenvalue weighted by atomic mass is 16.5. The fourth-order valence-corrected chi connectivity index (χ4v) is 4.30. The van der Waals surface area contributed by atoms with Gasteiger partial charge in [-0.1, -0.05) is 39.5 Å². The molecule has 0 N–H and O–H groups in total. The first-order valence-corrected chi connectivity index (χ1v) is 9.43. The molecule has 0 aromatic rings. The first kappa shape index (κ1) is 16.8. The number of hydrogen-bond donors (Lipinski definition) is 0. The van der Waals surface area contributed by atoms with Gasteiger partial charge in [-0.05, 0) is 63.2 Å². The van der Waals surface area contributed by atoms with Crippen LogP contribution in [0.3, 0.4) is 0 Å². The maximum Gasteiger partial charge on any atom is 0.309 e. The minimum atomic E-state index is 0.115. The highest BCUT2D eigenvalue weighted by molar-refractivity contribution is 5.72. The van der Waals surface area contributed by atoms with Crippen LogP contribution in [0.4, 0.5) is 0 Å². The highest BCUT2D eigenvalue weighted by Crippen LogP contribution is 2.34. The molecule has 2 saturated carbocycles. The Morgan fingerprint density at radius 3 is 1.76 bits per heavy atom. The molecule has 2 aliphatic rings. The number of carbonyl (C=O) groups is 1. The number of esters is 1. The van der Waals surface area contributed by atoms with Crippen molar-refractivity contribution in [3.8, 4) is 0 Å². The monoisotopic (exact) mass is 294 g/mol. The van der Waals surface area contributed by atoms with Crippen LogP contribution < -0.4 is 0 Å². The lowest BCUT2D eigenvalue weighted by Crippen LogP contribution is -2.30. The largest absolute Gasteiger partial charge is 0.462 e. The van der Waals surface area contributed by atoms with Gasteiger partial charge in [0.05, 0.1) is 5.92 Å². The normalized spacial score (nSPS) is 33.6. The Bertz CT molecular complexity index is 297. The Labute approximate surface area is 131 Å². The van der Waals surface area contributed by atoms with Crippen LogP contribution in [0.5, 0.6) is 0 Å². The average molecular weight is 294 g/mol. The Hall–Kier alpha value is -0.530. The molecule has 0 heterocycles. The Kier molecular flexibility index (Phi) is 7.06. The molecule has 2 fully saturated rings. The van der Waals surface area contributed by atoms with Crippen molar-refractivity contribution in [2.45, 2.75) is 97.0 Å². The zero-order valence-corrected chi connectivity index (χ0v) is 14.1. The Morgan fingerprint density at radius 1 is 0.810 bits per heavy atom. The van der Waals surface area contributed by atoms with Crippen LogP contribution in [-0.4, -0.2) is 12.1 Å². The molecule has 2 rings (SSSR count). The summed E-state index contributed by atoms with van der Waals surface area (Å²) in [6, 6.07) is 0. The van der Waals surface area contributed by atoms with Gasteiger partial charge in [-0.2, -0.15) is 0 Å². The van der Waals surface area contributed by atoms with E-state index in [9.17, 15) is 4.79 Å². The van der Waals surface area contributed by atoms with Gasteiger partial charge < -0.3 is 4.74 Å². The fraction of sp³-hybridized carbons (Fsp3) is 0.947. The van der Waals surface area contributed by atoms with E-state index in [0.29, 0.717) is 0 Å². The molecule has 0 aromatic heterocycles. The van der Waals surface area contributed by atoms with Gasteiger partial charge in [0.15, 0.2) is 0 Å². The molecular weight excluding hydrogens is 260 g/mol. The van der Waals surface area contributed by atoms with E-state index in [1.807, 2.05) is 0 Å². The third-order valence-electron chi connectivity index (χ3n) is 5.65. The van der Waals surface area contributed by atoms with Crippen molar-refractivity contribution in [2.75, 3.05) is 0 Å². The molecule has 0 radical (unpaired) electrons. The van der Waals surface area contributed by atoms with Gasteiger partial charge in [-0.25, -0.2) is 0 Å². The lowest BCUT2D eigenvalue weighted by atomic mass is 9.80. The second-order valence-corrected chi connectivity index (χ2v) is 7.37. The molecule has 2 heteroatoms. The van der Waals surface area contributed by atoms with Gasteiger partial charge >= 0.3 is 5.97 Å². The van der Waals surface area contributed by atoms with Crippen molar-refractivity contribution in [2.24, 2.45) is 17.8 Å². The number of hydrogen-bond acceptors (Lipinski definition) is 2. The SMILES string of the molecule is CCCC1CCC(C(=O)O[C@H]2CC[C@H](CCC)CC2)CC1. The predicted molar refractivity (Wildman–Crippen MR) is 87.1 cm³/mol. The van der Waals surface area contributed by atoms with Gasteiger partial charge in [0.2, 0.25) is 0 Å². The van der Waals surface area contributed by atoms with E-state index in [0.717, 1.165) is 37.5 Å². The number of ether oxygens (including phenoxy) is 1. The van der Waals surface area contributed by atoms with E-state index in [4.69, 9.17) is 4.74 Å². The molecule has 0 atom stereocenters. The van der Waals surface area contributed by atoms with Gasteiger partial charge in [-0.15, -0.1) is 0 Å². The molecule has 0 aliphatic heterocycles. The van der Waals surface area contributed by atoms with Crippen LogP contribution in [0.25, 0.3) is 0 Å². The standard InChI is InChI=1S/C19H34O2/c1-3-5-15-7-11-17(12-8-15)19(20)21-18-13-9-16(6-4-2)10-14-18/h15-18H,3-14H2,1-2H3/t15?,16-,17?,18-. The number of carbonyl (C=O) groups excluding carboxylic acids is 1. The minimum absolute atomic E-state index is 0.115. The smallest absolute Gasteiger partial charge is 0.309 e. The summed E-state index contributed by atoms with van der Waals surface area (Å²) in [6.07, 6.45) is 14.8. The second kappa shape index (κ2) is 8.80. The van der Waals surface area contributed by atoms with Gasteiger partial charge in [0, 0.05) is 0 Å². The molecule has 0 amide bonds. The Morgan fingerprint density at radius 2 is 1.29 bits per heavy atom. The summed E-state index contributed by atoms with van der Waals surface area (Å²) in [7, 11) is 0. The Balaban J connectivity index is 1.66. The average Bonchev–Trinajstić information content (AvgIpc) is 2.50. The molecule has 0 bridgehead atoms. The van der Waals surface area contributed by atoms with E-state index in [2.05, 4.69) is 13.8 Å². The zero-order valence-electron chi connectivity index (χ0n) is 14.1. The predicted octanol–water partition coefficient (Wildman–Crippen LogP) is 5.50. The molecule has 2 aliphatic carbocycles. The van der Waals surface area contributed by atoms with Crippen LogP contribution in [-0.2, 0) is 9.53 Å². The van der Waals surface area contributed by atoms with Crippen LogP contribution >= 0.6 is 0 Å². The third kappa shape index (κ3) is 5.30. The van der Waals surface area contributed by atoms with E-state index in [1.165, 1.54) is 51.4 Å². The van der Waals surface area contributed by atoms with Crippen molar-refractivity contribution in [3.63, 3.8) is 0 Å². The summed E-state index contributed by atoms with van der Waals surface area (Å²) < 4.78 is 5.81. The quantitative estimate of drug-likeness (QED) is 0.605. The lowest BCUT2D eigenvalue weighted by molar-refractivity contribution is -0.157. The molecule has 0 saturated heterocycles. The first-order chi connectivity index (χ1) is 10.2. The summed E-state index contributed by atoms with van der Waals surface area (Å²) in [4.78, 5) is 12.3. The number of rotatable bonds is 6. The van der Waals surface area contributed by atoms with Crippen LogP contribution in [0, 0.1) is 17.8 Å². The molecule has 2 nitrogen and oxygen atoms in total. The molecule has 21 heavy (non-hydrogen) atoms. The molecular formula is C19H34O2.